The van der Waals surface area contributed by atoms with E-state index in [0.29, 0.717) is 38.2 Å². The van der Waals surface area contributed by atoms with Gasteiger partial charge in [-0.3, -0.25) is 4.79 Å². The van der Waals surface area contributed by atoms with Crippen molar-refractivity contribution in [3.8, 4) is 11.5 Å². The number of aryl methyl sites for hydroxylation is 1. The summed E-state index contributed by atoms with van der Waals surface area (Å²) in [5, 5.41) is 9.16. The van der Waals surface area contributed by atoms with Gasteiger partial charge < -0.3 is 19.2 Å². The molecule has 0 bridgehead atoms. The topological polar surface area (TPSA) is 92.9 Å². The van der Waals surface area contributed by atoms with E-state index in [4.69, 9.17) is 14.3 Å². The van der Waals surface area contributed by atoms with E-state index in [0.717, 1.165) is 17.0 Å². The highest BCUT2D eigenvalue weighted by Gasteiger charge is 2.30. The van der Waals surface area contributed by atoms with Gasteiger partial charge in [0, 0.05) is 25.1 Å². The Balaban J connectivity index is 1.50. The summed E-state index contributed by atoms with van der Waals surface area (Å²) in [4.78, 5) is 29.8. The van der Waals surface area contributed by atoms with Crippen LogP contribution in [-0.4, -0.2) is 46.7 Å². The van der Waals surface area contributed by atoms with Gasteiger partial charge in [0.1, 0.15) is 5.76 Å². The van der Waals surface area contributed by atoms with Crippen LogP contribution in [0.1, 0.15) is 57.6 Å². The van der Waals surface area contributed by atoms with Crippen molar-refractivity contribution in [2.75, 3.05) is 19.7 Å². The Hall–Kier alpha value is -2.83. The molecule has 32 heavy (non-hydrogen) atoms. The maximum Gasteiger partial charge on any atom is 0.409 e. The average Bonchev–Trinajstić information content (AvgIpc) is 3.13. The molecule has 1 N–H and O–H groups in total. The quantitative estimate of drug-likeness (QED) is 0.672. The number of piperidine rings is 1. The summed E-state index contributed by atoms with van der Waals surface area (Å²) in [5.74, 6) is 0.226. The van der Waals surface area contributed by atoms with Gasteiger partial charge >= 0.3 is 12.1 Å². The number of aliphatic carboxylic acids is 1. The highest BCUT2D eigenvalue weighted by molar-refractivity contribution is 5.70. The van der Waals surface area contributed by atoms with Gasteiger partial charge in [-0.2, -0.15) is 0 Å². The van der Waals surface area contributed by atoms with Crippen LogP contribution in [0.2, 0.25) is 0 Å². The zero-order valence-electron chi connectivity index (χ0n) is 19.7. The number of hydrogen-bond donors (Lipinski definition) is 1. The molecule has 7 nitrogen and oxygen atoms in total. The smallest absolute Gasteiger partial charge is 0.409 e. The molecule has 0 saturated carbocycles. The lowest BCUT2D eigenvalue weighted by Crippen LogP contribution is -2.41. The summed E-state index contributed by atoms with van der Waals surface area (Å²) in [6, 6.07) is 8.22. The Kier molecular flexibility index (Phi) is 7.26. The first-order valence-corrected chi connectivity index (χ1v) is 11.3. The molecule has 2 heterocycles. The van der Waals surface area contributed by atoms with Gasteiger partial charge in [-0.15, -0.1) is 0 Å². The third kappa shape index (κ3) is 5.69. The number of carbonyl (C=O) groups is 2. The van der Waals surface area contributed by atoms with Crippen molar-refractivity contribution in [2.45, 2.75) is 59.3 Å². The van der Waals surface area contributed by atoms with E-state index >= 15 is 0 Å². The number of carboxylic acids is 1. The lowest BCUT2D eigenvalue weighted by molar-refractivity contribution is -0.143. The van der Waals surface area contributed by atoms with E-state index in [1.807, 2.05) is 19.1 Å². The molecule has 1 aromatic heterocycles. The third-order valence-electron chi connectivity index (χ3n) is 6.35. The normalized spacial score (nSPS) is 16.1. The lowest BCUT2D eigenvalue weighted by Gasteiger charge is -2.32. The van der Waals surface area contributed by atoms with Gasteiger partial charge in [-0.1, -0.05) is 39.8 Å². The molecule has 0 radical (unpaired) electrons. The number of carboxylic acid groups (broad SMARTS) is 1. The van der Waals surface area contributed by atoms with Gasteiger partial charge in [0.05, 0.1) is 18.2 Å². The van der Waals surface area contributed by atoms with Crippen LogP contribution < -0.4 is 0 Å². The van der Waals surface area contributed by atoms with Crippen molar-refractivity contribution in [3.05, 3.63) is 41.3 Å². The zero-order valence-corrected chi connectivity index (χ0v) is 19.7. The predicted octanol–water partition coefficient (Wildman–Crippen LogP) is 5.06. The fraction of sp³-hybridized carbons (Fsp3) is 0.560. The van der Waals surface area contributed by atoms with E-state index in [9.17, 15) is 9.59 Å². The van der Waals surface area contributed by atoms with Crippen molar-refractivity contribution in [1.82, 2.24) is 9.88 Å². The summed E-state index contributed by atoms with van der Waals surface area (Å²) in [5.41, 5.74) is 3.03. The lowest BCUT2D eigenvalue weighted by atomic mass is 9.85. The van der Waals surface area contributed by atoms with E-state index in [2.05, 4.69) is 37.9 Å². The highest BCUT2D eigenvalue weighted by atomic mass is 16.6. The minimum Gasteiger partial charge on any atom is -0.481 e. The minimum atomic E-state index is -0.779. The van der Waals surface area contributed by atoms with Gasteiger partial charge in [0.25, 0.3) is 0 Å². The van der Waals surface area contributed by atoms with E-state index in [1.165, 1.54) is 5.56 Å². The Bertz CT molecular complexity index is 934. The second kappa shape index (κ2) is 9.76. The number of amides is 1. The van der Waals surface area contributed by atoms with Crippen molar-refractivity contribution >= 4 is 12.1 Å². The van der Waals surface area contributed by atoms with Crippen LogP contribution in [0.4, 0.5) is 4.79 Å². The Morgan fingerprint density at radius 1 is 1.22 bits per heavy atom. The maximum absolute atomic E-state index is 12.4. The largest absolute Gasteiger partial charge is 0.481 e. The standard InChI is InChI=1S/C25H34N2O5/c1-16(23(28)29)18-10-13-27(14-11-18)24(30)31-15-12-21-17(2)32-22(26-21)19-6-8-20(9-7-19)25(3,4)5/h6-9,16,18H,10-15H2,1-5H3,(H,28,29). The number of aromatic nitrogens is 1. The van der Waals surface area contributed by atoms with Crippen molar-refractivity contribution < 1.29 is 23.8 Å². The van der Waals surface area contributed by atoms with Crippen LogP contribution in [0.25, 0.3) is 11.5 Å². The van der Waals surface area contributed by atoms with Gasteiger partial charge in [-0.05, 0) is 48.8 Å². The number of ether oxygens (including phenoxy) is 1. The summed E-state index contributed by atoms with van der Waals surface area (Å²) >= 11 is 0. The minimum absolute atomic E-state index is 0.0872. The molecule has 2 aromatic rings. The van der Waals surface area contributed by atoms with Crippen LogP contribution in [0, 0.1) is 18.8 Å². The highest BCUT2D eigenvalue weighted by Crippen LogP contribution is 2.28. The zero-order chi connectivity index (χ0) is 23.5. The van der Waals surface area contributed by atoms with Crippen LogP contribution in [-0.2, 0) is 21.4 Å². The monoisotopic (exact) mass is 442 g/mol. The number of rotatable bonds is 6. The van der Waals surface area contributed by atoms with Crippen molar-refractivity contribution in [3.63, 3.8) is 0 Å². The van der Waals surface area contributed by atoms with Crippen molar-refractivity contribution in [1.29, 1.82) is 0 Å². The van der Waals surface area contributed by atoms with Crippen LogP contribution in [0.3, 0.4) is 0 Å². The summed E-state index contributed by atoms with van der Waals surface area (Å²) in [6.07, 6.45) is 1.49. The second-order valence-electron chi connectivity index (χ2n) is 9.67. The van der Waals surface area contributed by atoms with E-state index < -0.39 is 5.97 Å². The van der Waals surface area contributed by atoms with Crippen LogP contribution in [0.5, 0.6) is 0 Å². The fourth-order valence-corrected chi connectivity index (χ4v) is 4.01. The number of oxazole rings is 1. The fourth-order valence-electron chi connectivity index (χ4n) is 4.01. The van der Waals surface area contributed by atoms with E-state index in [-0.39, 0.29) is 30.0 Å². The number of nitrogens with zero attached hydrogens (tertiary/aromatic N) is 2. The van der Waals surface area contributed by atoms with Crippen LogP contribution >= 0.6 is 0 Å². The predicted molar refractivity (Wildman–Crippen MR) is 122 cm³/mol. The molecule has 3 rings (SSSR count). The maximum atomic E-state index is 12.4. The third-order valence-corrected chi connectivity index (χ3v) is 6.35. The molecule has 0 spiro atoms. The second-order valence-corrected chi connectivity index (χ2v) is 9.67. The first-order chi connectivity index (χ1) is 15.1. The molecule has 1 aliphatic rings. The average molecular weight is 443 g/mol. The summed E-state index contributed by atoms with van der Waals surface area (Å²) in [6.45, 7) is 11.4. The SMILES string of the molecule is Cc1oc(-c2ccc(C(C)(C)C)cc2)nc1CCOC(=O)N1CCC(C(C)C(=O)O)CC1. The molecule has 1 aromatic carbocycles. The molecule has 1 amide bonds. The van der Waals surface area contributed by atoms with E-state index in [1.54, 1.807) is 11.8 Å². The molecule has 1 aliphatic heterocycles. The molecular weight excluding hydrogens is 408 g/mol. The number of likely N-dealkylation sites (tertiary alicyclic amines) is 1. The first-order valence-electron chi connectivity index (χ1n) is 11.3. The molecule has 1 fully saturated rings. The van der Waals surface area contributed by atoms with Gasteiger partial charge in [0.2, 0.25) is 5.89 Å². The van der Waals surface area contributed by atoms with Crippen LogP contribution in [0.15, 0.2) is 28.7 Å². The number of carbonyl (C=O) groups excluding carboxylic acids is 1. The Labute approximate surface area is 189 Å². The molecule has 1 atom stereocenters. The van der Waals surface area contributed by atoms with Gasteiger partial charge in [-0.25, -0.2) is 9.78 Å². The van der Waals surface area contributed by atoms with Gasteiger partial charge in [0.15, 0.2) is 0 Å². The molecule has 0 aliphatic carbocycles. The molecule has 1 unspecified atom stereocenters. The number of hydrogen-bond acceptors (Lipinski definition) is 5. The first kappa shape index (κ1) is 23.8. The summed E-state index contributed by atoms with van der Waals surface area (Å²) in [7, 11) is 0. The number of benzene rings is 1. The molecule has 7 heteroatoms. The molecular formula is C25H34N2O5. The Morgan fingerprint density at radius 2 is 1.84 bits per heavy atom. The van der Waals surface area contributed by atoms with Crippen molar-refractivity contribution in [2.24, 2.45) is 11.8 Å². The molecule has 1 saturated heterocycles. The summed E-state index contributed by atoms with van der Waals surface area (Å²) < 4.78 is 11.3. The Morgan fingerprint density at radius 3 is 2.41 bits per heavy atom. The molecule has 174 valence electrons.